The van der Waals surface area contributed by atoms with Gasteiger partial charge in [0, 0.05) is 5.38 Å². The van der Waals surface area contributed by atoms with Crippen LogP contribution in [0.2, 0.25) is 0 Å². The molecule has 2 rings (SSSR count). The summed E-state index contributed by atoms with van der Waals surface area (Å²) in [5.41, 5.74) is 0.253. The molecule has 1 aromatic carbocycles. The molecule has 2 N–H and O–H groups in total. The highest BCUT2D eigenvalue weighted by atomic mass is 32.2. The molecule has 1 heterocycles. The fraction of sp³-hybridized carbons (Fsp3) is 0.154. The zero-order valence-corrected chi connectivity index (χ0v) is 12.7. The van der Waals surface area contributed by atoms with Gasteiger partial charge in [0.2, 0.25) is 0 Å². The summed E-state index contributed by atoms with van der Waals surface area (Å²) in [6, 6.07) is 7.76. The monoisotopic (exact) mass is 327 g/mol. The number of rotatable bonds is 6. The molecule has 112 valence electrons. The third kappa shape index (κ3) is 3.53. The molecule has 2 aromatic rings. The number of nitrogens with one attached hydrogen (secondary N) is 1. The molecule has 0 bridgehead atoms. The van der Waals surface area contributed by atoms with E-state index < -0.39 is 16.0 Å². The standard InChI is InChI=1S/C13H13NO5S2/c1-2-19-11-6-4-3-5-10(11)14-21(17,18)12-7-9(8-20-12)13(15)16/h3-8,14H,2H2,1H3,(H,15,16). The van der Waals surface area contributed by atoms with E-state index in [2.05, 4.69) is 4.72 Å². The molecular formula is C13H13NO5S2. The number of sulfonamides is 1. The molecule has 6 nitrogen and oxygen atoms in total. The molecule has 0 unspecified atom stereocenters. The predicted octanol–water partition coefficient (Wildman–Crippen LogP) is 2.65. The van der Waals surface area contributed by atoms with Crippen molar-refractivity contribution in [3.05, 3.63) is 41.3 Å². The van der Waals surface area contributed by atoms with Gasteiger partial charge in [-0.2, -0.15) is 0 Å². The zero-order valence-electron chi connectivity index (χ0n) is 11.1. The van der Waals surface area contributed by atoms with Crippen molar-refractivity contribution in [2.24, 2.45) is 0 Å². The van der Waals surface area contributed by atoms with E-state index in [1.54, 1.807) is 31.2 Å². The van der Waals surface area contributed by atoms with Gasteiger partial charge in [0.15, 0.2) is 0 Å². The lowest BCUT2D eigenvalue weighted by Crippen LogP contribution is -2.12. The van der Waals surface area contributed by atoms with Crippen molar-refractivity contribution in [1.82, 2.24) is 0 Å². The van der Waals surface area contributed by atoms with Crippen molar-refractivity contribution in [2.75, 3.05) is 11.3 Å². The highest BCUT2D eigenvalue weighted by molar-refractivity contribution is 7.94. The van der Waals surface area contributed by atoms with Crippen LogP contribution in [0.5, 0.6) is 5.75 Å². The molecule has 1 aromatic heterocycles. The number of carboxylic acids is 1. The first-order valence-corrected chi connectivity index (χ1v) is 8.37. The first kappa shape index (κ1) is 15.3. The Morgan fingerprint density at radius 1 is 1.38 bits per heavy atom. The van der Waals surface area contributed by atoms with Crippen molar-refractivity contribution in [2.45, 2.75) is 11.1 Å². The van der Waals surface area contributed by atoms with E-state index in [0.29, 0.717) is 18.0 Å². The van der Waals surface area contributed by atoms with Gasteiger partial charge in [-0.25, -0.2) is 13.2 Å². The van der Waals surface area contributed by atoms with Gasteiger partial charge in [0.05, 0.1) is 17.9 Å². The van der Waals surface area contributed by atoms with Gasteiger partial charge < -0.3 is 9.84 Å². The maximum atomic E-state index is 12.2. The maximum absolute atomic E-state index is 12.2. The van der Waals surface area contributed by atoms with Crippen LogP contribution in [0.1, 0.15) is 17.3 Å². The van der Waals surface area contributed by atoms with Crippen LogP contribution in [0.25, 0.3) is 0 Å². The van der Waals surface area contributed by atoms with Crippen LogP contribution in [0.15, 0.2) is 39.9 Å². The average molecular weight is 327 g/mol. The van der Waals surface area contributed by atoms with Gasteiger partial charge in [-0.05, 0) is 25.1 Å². The lowest BCUT2D eigenvalue weighted by atomic mass is 10.3. The zero-order chi connectivity index (χ0) is 15.5. The predicted molar refractivity (Wildman–Crippen MR) is 79.7 cm³/mol. The Bertz CT molecular complexity index is 751. The van der Waals surface area contributed by atoms with Crippen LogP contribution in [-0.2, 0) is 10.0 Å². The van der Waals surface area contributed by atoms with E-state index in [1.165, 1.54) is 5.38 Å². The summed E-state index contributed by atoms with van der Waals surface area (Å²) in [6.07, 6.45) is 0. The number of ether oxygens (including phenoxy) is 1. The number of hydrogen-bond donors (Lipinski definition) is 2. The Balaban J connectivity index is 2.30. The number of carboxylic acid groups (broad SMARTS) is 1. The van der Waals surface area contributed by atoms with Crippen LogP contribution >= 0.6 is 11.3 Å². The van der Waals surface area contributed by atoms with Crippen molar-refractivity contribution in [1.29, 1.82) is 0 Å². The minimum Gasteiger partial charge on any atom is -0.492 e. The number of benzene rings is 1. The minimum absolute atomic E-state index is 0.0570. The average Bonchev–Trinajstić information content (AvgIpc) is 2.92. The smallest absolute Gasteiger partial charge is 0.336 e. The molecule has 0 amide bonds. The Kier molecular flexibility index (Phi) is 4.49. The molecule has 0 aliphatic heterocycles. The van der Waals surface area contributed by atoms with Crippen LogP contribution in [0.3, 0.4) is 0 Å². The minimum atomic E-state index is -3.84. The number of carbonyl (C=O) groups is 1. The molecular weight excluding hydrogens is 314 g/mol. The summed E-state index contributed by atoms with van der Waals surface area (Å²) in [5.74, 6) is -0.749. The largest absolute Gasteiger partial charge is 0.492 e. The van der Waals surface area contributed by atoms with E-state index in [-0.39, 0.29) is 9.77 Å². The molecule has 0 spiro atoms. The Morgan fingerprint density at radius 2 is 2.10 bits per heavy atom. The van der Waals surface area contributed by atoms with E-state index in [9.17, 15) is 13.2 Å². The normalized spacial score (nSPS) is 11.1. The fourth-order valence-electron chi connectivity index (χ4n) is 1.60. The second-order valence-electron chi connectivity index (χ2n) is 3.99. The second-order valence-corrected chi connectivity index (χ2v) is 6.81. The molecule has 0 radical (unpaired) electrons. The summed E-state index contributed by atoms with van der Waals surface area (Å²) in [5, 5.41) is 10.1. The van der Waals surface area contributed by atoms with E-state index >= 15 is 0 Å². The molecule has 0 aliphatic carbocycles. The molecule has 21 heavy (non-hydrogen) atoms. The van der Waals surface area contributed by atoms with Gasteiger partial charge in [-0.1, -0.05) is 12.1 Å². The van der Waals surface area contributed by atoms with Crippen molar-refractivity contribution >= 4 is 33.0 Å². The van der Waals surface area contributed by atoms with Crippen LogP contribution < -0.4 is 9.46 Å². The van der Waals surface area contributed by atoms with Gasteiger partial charge in [0.1, 0.15) is 9.96 Å². The van der Waals surface area contributed by atoms with Crippen LogP contribution in [-0.4, -0.2) is 26.1 Å². The third-order valence-corrected chi connectivity index (χ3v) is 5.32. The number of hydrogen-bond acceptors (Lipinski definition) is 5. The van der Waals surface area contributed by atoms with E-state index in [4.69, 9.17) is 9.84 Å². The van der Waals surface area contributed by atoms with Crippen molar-refractivity contribution < 1.29 is 23.1 Å². The fourth-order valence-corrected chi connectivity index (χ4v) is 3.82. The maximum Gasteiger partial charge on any atom is 0.336 e. The molecule has 0 saturated carbocycles. The van der Waals surface area contributed by atoms with Gasteiger partial charge in [0.25, 0.3) is 10.0 Å². The summed E-state index contributed by atoms with van der Waals surface area (Å²) >= 11 is 0.851. The highest BCUT2D eigenvalue weighted by Gasteiger charge is 2.20. The quantitative estimate of drug-likeness (QED) is 0.851. The lowest BCUT2D eigenvalue weighted by molar-refractivity contribution is 0.0697. The number of thiophene rings is 1. The van der Waals surface area contributed by atoms with Crippen LogP contribution in [0, 0.1) is 0 Å². The third-order valence-electron chi connectivity index (χ3n) is 2.52. The number of para-hydroxylation sites is 2. The summed E-state index contributed by atoms with van der Waals surface area (Å²) < 4.78 is 32.2. The van der Waals surface area contributed by atoms with Crippen molar-refractivity contribution in [3.63, 3.8) is 0 Å². The summed E-state index contributed by atoms with van der Waals surface area (Å²) in [6.45, 7) is 2.20. The van der Waals surface area contributed by atoms with Gasteiger partial charge in [-0.15, -0.1) is 11.3 Å². The van der Waals surface area contributed by atoms with Crippen molar-refractivity contribution in [3.8, 4) is 5.75 Å². The van der Waals surface area contributed by atoms with Crippen LogP contribution in [0.4, 0.5) is 5.69 Å². The number of anilines is 1. The second kappa shape index (κ2) is 6.15. The van der Waals surface area contributed by atoms with E-state index in [0.717, 1.165) is 17.4 Å². The SMILES string of the molecule is CCOc1ccccc1NS(=O)(=O)c1cc(C(=O)O)cs1. The molecule has 8 heteroatoms. The first-order chi connectivity index (χ1) is 9.94. The lowest BCUT2D eigenvalue weighted by Gasteiger charge is -2.11. The Hall–Kier alpha value is -2.06. The summed E-state index contributed by atoms with van der Waals surface area (Å²) in [7, 11) is -3.84. The number of aromatic carboxylic acids is 1. The highest BCUT2D eigenvalue weighted by Crippen LogP contribution is 2.28. The van der Waals surface area contributed by atoms with E-state index in [1.807, 2.05) is 0 Å². The van der Waals surface area contributed by atoms with Gasteiger partial charge in [-0.3, -0.25) is 4.72 Å². The first-order valence-electron chi connectivity index (χ1n) is 6.00. The molecule has 0 saturated heterocycles. The molecule has 0 aliphatic rings. The molecule has 0 fully saturated rings. The Morgan fingerprint density at radius 3 is 2.71 bits per heavy atom. The summed E-state index contributed by atoms with van der Waals surface area (Å²) in [4.78, 5) is 10.8. The molecule has 0 atom stereocenters. The van der Waals surface area contributed by atoms with Gasteiger partial charge >= 0.3 is 5.97 Å². The topological polar surface area (TPSA) is 92.7 Å². The Labute approximate surface area is 126 Å².